The van der Waals surface area contributed by atoms with Gasteiger partial charge in [0.1, 0.15) is 0 Å². The van der Waals surface area contributed by atoms with Crippen molar-refractivity contribution in [1.82, 2.24) is 4.90 Å². The Morgan fingerprint density at radius 1 is 1.35 bits per heavy atom. The fourth-order valence-corrected chi connectivity index (χ4v) is 1.67. The number of carboxylic acids is 1. The van der Waals surface area contributed by atoms with Crippen LogP contribution in [0.2, 0.25) is 0 Å². The van der Waals surface area contributed by atoms with E-state index in [9.17, 15) is 9.90 Å². The van der Waals surface area contributed by atoms with Gasteiger partial charge in [-0.05, 0) is 25.6 Å². The average molecular weight is 237 g/mol. The van der Waals surface area contributed by atoms with E-state index in [2.05, 4.69) is 0 Å². The number of likely N-dealkylation sites (N-methyl/N-ethyl adjacent to an activating group) is 1. The van der Waals surface area contributed by atoms with Gasteiger partial charge in [0, 0.05) is 13.0 Å². The van der Waals surface area contributed by atoms with Crippen molar-refractivity contribution in [2.75, 3.05) is 20.1 Å². The molecule has 0 fully saturated rings. The van der Waals surface area contributed by atoms with Crippen LogP contribution in [0, 0.1) is 0 Å². The van der Waals surface area contributed by atoms with Crippen molar-refractivity contribution in [2.45, 2.75) is 18.9 Å². The maximum absolute atomic E-state index is 10.4. The zero-order valence-electron chi connectivity index (χ0n) is 10.0. The molecule has 0 aliphatic carbocycles. The summed E-state index contributed by atoms with van der Waals surface area (Å²) in [6.07, 6.45) is 0.255. The smallest absolute Gasteiger partial charge is 0.303 e. The van der Waals surface area contributed by atoms with Gasteiger partial charge in [-0.3, -0.25) is 4.79 Å². The van der Waals surface area contributed by atoms with E-state index in [0.717, 1.165) is 5.56 Å². The lowest BCUT2D eigenvalue weighted by atomic mass is 10.1. The van der Waals surface area contributed by atoms with Crippen LogP contribution in [0.3, 0.4) is 0 Å². The quantitative estimate of drug-likeness (QED) is 0.754. The van der Waals surface area contributed by atoms with Crippen molar-refractivity contribution in [3.8, 4) is 0 Å². The molecule has 4 nitrogen and oxygen atoms in total. The highest BCUT2D eigenvalue weighted by Gasteiger charge is 2.10. The molecule has 1 aromatic carbocycles. The van der Waals surface area contributed by atoms with Crippen LogP contribution in [0.4, 0.5) is 0 Å². The Hall–Kier alpha value is -1.39. The fourth-order valence-electron chi connectivity index (χ4n) is 1.67. The summed E-state index contributed by atoms with van der Waals surface area (Å²) in [5, 5.41) is 18.5. The van der Waals surface area contributed by atoms with Crippen LogP contribution in [-0.2, 0) is 4.79 Å². The van der Waals surface area contributed by atoms with Gasteiger partial charge in [-0.25, -0.2) is 0 Å². The Morgan fingerprint density at radius 2 is 2.00 bits per heavy atom. The molecular weight excluding hydrogens is 218 g/mol. The molecule has 0 spiro atoms. The van der Waals surface area contributed by atoms with Gasteiger partial charge in [0.25, 0.3) is 0 Å². The number of aliphatic hydroxyl groups excluding tert-OH is 1. The van der Waals surface area contributed by atoms with Crippen molar-refractivity contribution in [3.63, 3.8) is 0 Å². The normalized spacial score (nSPS) is 12.6. The highest BCUT2D eigenvalue weighted by molar-refractivity contribution is 5.66. The Balaban J connectivity index is 2.31. The molecule has 1 unspecified atom stereocenters. The van der Waals surface area contributed by atoms with Crippen molar-refractivity contribution in [2.24, 2.45) is 0 Å². The minimum Gasteiger partial charge on any atom is -0.481 e. The summed E-state index contributed by atoms with van der Waals surface area (Å²) < 4.78 is 0. The van der Waals surface area contributed by atoms with E-state index in [0.29, 0.717) is 19.5 Å². The zero-order chi connectivity index (χ0) is 12.7. The van der Waals surface area contributed by atoms with Crippen LogP contribution in [-0.4, -0.2) is 41.2 Å². The lowest BCUT2D eigenvalue weighted by Crippen LogP contribution is -2.26. The Kier molecular flexibility index (Phi) is 5.66. The van der Waals surface area contributed by atoms with E-state index in [4.69, 9.17) is 5.11 Å². The summed E-state index contributed by atoms with van der Waals surface area (Å²) in [7, 11) is 1.88. The molecule has 4 heteroatoms. The molecule has 0 saturated heterocycles. The Labute approximate surface area is 101 Å². The molecule has 2 N–H and O–H groups in total. The van der Waals surface area contributed by atoms with E-state index >= 15 is 0 Å². The average Bonchev–Trinajstić information content (AvgIpc) is 2.29. The number of rotatable bonds is 7. The molecule has 0 heterocycles. The van der Waals surface area contributed by atoms with Crippen molar-refractivity contribution in [1.29, 1.82) is 0 Å². The number of nitrogens with zero attached hydrogens (tertiary/aromatic N) is 1. The number of carboxylic acid groups (broad SMARTS) is 1. The molecule has 0 saturated carbocycles. The molecule has 0 aliphatic rings. The number of aliphatic hydroxyl groups is 1. The third kappa shape index (κ3) is 5.47. The van der Waals surface area contributed by atoms with Crippen LogP contribution in [0.15, 0.2) is 30.3 Å². The molecule has 17 heavy (non-hydrogen) atoms. The third-order valence-electron chi connectivity index (χ3n) is 2.60. The maximum atomic E-state index is 10.4. The SMILES string of the molecule is CN(CCCC(=O)O)CC(O)c1ccccc1. The van der Waals surface area contributed by atoms with Gasteiger partial charge in [0.2, 0.25) is 0 Å². The second-order valence-electron chi connectivity index (χ2n) is 4.19. The second-order valence-corrected chi connectivity index (χ2v) is 4.19. The minimum absolute atomic E-state index is 0.172. The zero-order valence-corrected chi connectivity index (χ0v) is 10.0. The van der Waals surface area contributed by atoms with E-state index in [1.165, 1.54) is 0 Å². The Bertz CT molecular complexity index is 340. The van der Waals surface area contributed by atoms with Crippen LogP contribution >= 0.6 is 0 Å². The number of hydrogen-bond donors (Lipinski definition) is 2. The van der Waals surface area contributed by atoms with E-state index in [1.54, 1.807) is 0 Å². The monoisotopic (exact) mass is 237 g/mol. The molecule has 0 radical (unpaired) electrons. The largest absolute Gasteiger partial charge is 0.481 e. The van der Waals surface area contributed by atoms with Gasteiger partial charge in [0.05, 0.1) is 6.10 Å². The number of benzene rings is 1. The van der Waals surface area contributed by atoms with E-state index in [-0.39, 0.29) is 6.42 Å². The van der Waals surface area contributed by atoms with Crippen LogP contribution in [0.1, 0.15) is 24.5 Å². The van der Waals surface area contributed by atoms with E-state index in [1.807, 2.05) is 42.3 Å². The van der Waals surface area contributed by atoms with Crippen LogP contribution in [0.5, 0.6) is 0 Å². The standard InChI is InChI=1S/C13H19NO3/c1-14(9-5-8-13(16)17)10-12(15)11-6-3-2-4-7-11/h2-4,6-7,12,15H,5,8-10H2,1H3,(H,16,17). The van der Waals surface area contributed by atoms with Gasteiger partial charge >= 0.3 is 5.97 Å². The molecule has 1 aromatic rings. The first kappa shape index (κ1) is 13.7. The summed E-state index contributed by atoms with van der Waals surface area (Å²) in [6.45, 7) is 1.19. The fraction of sp³-hybridized carbons (Fsp3) is 0.462. The molecule has 0 amide bonds. The lowest BCUT2D eigenvalue weighted by Gasteiger charge is -2.20. The molecule has 94 valence electrons. The van der Waals surface area contributed by atoms with Gasteiger partial charge in [-0.2, -0.15) is 0 Å². The third-order valence-corrected chi connectivity index (χ3v) is 2.60. The van der Waals surface area contributed by atoms with Gasteiger partial charge in [-0.1, -0.05) is 30.3 Å². The van der Waals surface area contributed by atoms with Crippen LogP contribution in [0.25, 0.3) is 0 Å². The summed E-state index contributed by atoms with van der Waals surface area (Å²) in [4.78, 5) is 12.3. The van der Waals surface area contributed by atoms with Crippen molar-refractivity contribution >= 4 is 5.97 Å². The lowest BCUT2D eigenvalue weighted by molar-refractivity contribution is -0.137. The first-order chi connectivity index (χ1) is 8.09. The topological polar surface area (TPSA) is 60.8 Å². The summed E-state index contributed by atoms with van der Waals surface area (Å²) in [5.74, 6) is -0.776. The molecule has 1 atom stereocenters. The summed E-state index contributed by atoms with van der Waals surface area (Å²) in [5.41, 5.74) is 0.887. The predicted octanol–water partition coefficient (Wildman–Crippen LogP) is 1.52. The number of aliphatic carboxylic acids is 1. The highest BCUT2D eigenvalue weighted by atomic mass is 16.4. The summed E-state index contributed by atoms with van der Waals surface area (Å²) >= 11 is 0. The highest BCUT2D eigenvalue weighted by Crippen LogP contribution is 2.13. The minimum atomic E-state index is -0.776. The predicted molar refractivity (Wildman–Crippen MR) is 65.8 cm³/mol. The first-order valence-electron chi connectivity index (χ1n) is 5.73. The van der Waals surface area contributed by atoms with Crippen LogP contribution < -0.4 is 0 Å². The van der Waals surface area contributed by atoms with Gasteiger partial charge < -0.3 is 15.1 Å². The van der Waals surface area contributed by atoms with E-state index < -0.39 is 12.1 Å². The van der Waals surface area contributed by atoms with Gasteiger partial charge in [0.15, 0.2) is 0 Å². The number of hydrogen-bond acceptors (Lipinski definition) is 3. The summed E-state index contributed by atoms with van der Waals surface area (Å²) in [6, 6.07) is 9.46. The first-order valence-corrected chi connectivity index (χ1v) is 5.73. The molecule has 0 aliphatic heterocycles. The maximum Gasteiger partial charge on any atom is 0.303 e. The Morgan fingerprint density at radius 3 is 2.59 bits per heavy atom. The van der Waals surface area contributed by atoms with Crippen molar-refractivity contribution < 1.29 is 15.0 Å². The van der Waals surface area contributed by atoms with Gasteiger partial charge in [-0.15, -0.1) is 0 Å². The second kappa shape index (κ2) is 7.04. The molecule has 0 aromatic heterocycles. The molecule has 1 rings (SSSR count). The molecular formula is C13H19NO3. The molecule has 0 bridgehead atoms. The number of carbonyl (C=O) groups is 1. The van der Waals surface area contributed by atoms with Crippen molar-refractivity contribution in [3.05, 3.63) is 35.9 Å².